The van der Waals surface area contributed by atoms with Gasteiger partial charge in [-0.05, 0) is 30.3 Å². The maximum absolute atomic E-state index is 12.8. The molecule has 0 amide bonds. The van der Waals surface area contributed by atoms with Crippen LogP contribution in [0.1, 0.15) is 5.56 Å². The summed E-state index contributed by atoms with van der Waals surface area (Å²) in [7, 11) is 0. The molecule has 0 unspecified atom stereocenters. The third-order valence-corrected chi connectivity index (χ3v) is 4.66. The van der Waals surface area contributed by atoms with Crippen LogP contribution < -0.4 is 5.56 Å². The van der Waals surface area contributed by atoms with Crippen molar-refractivity contribution < 1.29 is 13.2 Å². The summed E-state index contributed by atoms with van der Waals surface area (Å²) >= 11 is 6.08. The normalized spacial score (nSPS) is 11.7. The largest absolute Gasteiger partial charge is 0.406 e. The first kappa shape index (κ1) is 18.9. The monoisotopic (exact) mass is 416 g/mol. The van der Waals surface area contributed by atoms with Crippen LogP contribution in [0, 0.1) is 11.3 Å². The standard InChI is InChI=1S/C20H12ClF3N4O/c21-14-2-1-3-15(8-14)28-18(13-6-4-12(9-25)5-7-13)17-16(26-28)10-27(19(17)29)11-20(22,23)24/h1-8,10,26H,11H2. The minimum atomic E-state index is -4.52. The number of aromatic nitrogens is 3. The van der Waals surface area contributed by atoms with Gasteiger partial charge < -0.3 is 4.57 Å². The number of fused-ring (bicyclic) bond motifs is 1. The molecule has 2 aliphatic rings. The van der Waals surface area contributed by atoms with E-state index in [1.165, 1.54) is 0 Å². The molecule has 1 N–H and O–H groups in total. The Bertz CT molecular complexity index is 1260. The van der Waals surface area contributed by atoms with E-state index in [0.29, 0.717) is 32.1 Å². The first-order valence-corrected chi connectivity index (χ1v) is 8.82. The van der Waals surface area contributed by atoms with Gasteiger partial charge in [0.1, 0.15) is 6.54 Å². The fourth-order valence-electron chi connectivity index (χ4n) is 3.24. The van der Waals surface area contributed by atoms with Gasteiger partial charge in [-0.1, -0.05) is 29.8 Å². The molecule has 0 aliphatic carbocycles. The van der Waals surface area contributed by atoms with Gasteiger partial charge in [0.15, 0.2) is 0 Å². The number of hydrogen-bond acceptors (Lipinski definition) is 2. The van der Waals surface area contributed by atoms with Crippen LogP contribution in [-0.4, -0.2) is 20.5 Å². The number of benzene rings is 2. The SMILES string of the molecule is N#Cc1ccc(-c2c3c(=O)n(CC(F)(F)F)cc-3[nH]n2-c2cccc(Cl)c2)cc1. The van der Waals surface area contributed by atoms with Crippen LogP contribution in [-0.2, 0) is 6.54 Å². The van der Waals surface area contributed by atoms with Crippen molar-refractivity contribution in [3.8, 4) is 34.3 Å². The number of rotatable bonds is 3. The summed E-state index contributed by atoms with van der Waals surface area (Å²) < 4.78 is 40.7. The molecule has 0 bridgehead atoms. The van der Waals surface area contributed by atoms with Crippen molar-refractivity contribution in [1.82, 2.24) is 14.3 Å². The molecule has 0 saturated heterocycles. The minimum absolute atomic E-state index is 0.124. The predicted octanol–water partition coefficient (Wildman–Crippen LogP) is 4.83. The molecule has 2 aromatic carbocycles. The van der Waals surface area contributed by atoms with Crippen LogP contribution in [0.5, 0.6) is 0 Å². The Kier molecular flexibility index (Phi) is 4.47. The van der Waals surface area contributed by atoms with Crippen LogP contribution in [0.25, 0.3) is 28.2 Å². The second-order valence-corrected chi connectivity index (χ2v) is 6.87. The molecule has 146 valence electrons. The topological polar surface area (TPSA) is 66.5 Å². The molecule has 4 rings (SSSR count). The highest BCUT2D eigenvalue weighted by atomic mass is 35.5. The van der Waals surface area contributed by atoms with Crippen LogP contribution in [0.2, 0.25) is 5.02 Å². The van der Waals surface area contributed by atoms with E-state index in [9.17, 15) is 18.0 Å². The molecule has 0 aromatic heterocycles. The molecular formula is C20H12ClF3N4O. The Balaban J connectivity index is 1.99. The third kappa shape index (κ3) is 3.52. The minimum Gasteiger partial charge on any atom is -0.304 e. The van der Waals surface area contributed by atoms with Gasteiger partial charge in [-0.3, -0.25) is 14.6 Å². The number of nitrogens with one attached hydrogen (secondary N) is 1. The smallest absolute Gasteiger partial charge is 0.304 e. The molecule has 0 spiro atoms. The molecular weight excluding hydrogens is 405 g/mol. The average Bonchev–Trinajstić information content (AvgIpc) is 3.18. The van der Waals surface area contributed by atoms with Crippen molar-refractivity contribution in [3.05, 3.63) is 75.7 Å². The van der Waals surface area contributed by atoms with E-state index in [2.05, 4.69) is 5.10 Å². The lowest BCUT2D eigenvalue weighted by atomic mass is 10.0. The van der Waals surface area contributed by atoms with Crippen molar-refractivity contribution >= 4 is 11.6 Å². The zero-order valence-electron chi connectivity index (χ0n) is 14.7. The summed E-state index contributed by atoms with van der Waals surface area (Å²) in [5.41, 5.74) is 1.61. The number of hydrogen-bond donors (Lipinski definition) is 1. The van der Waals surface area contributed by atoms with E-state index in [1.54, 1.807) is 53.2 Å². The van der Waals surface area contributed by atoms with Gasteiger partial charge in [0.05, 0.1) is 34.3 Å². The van der Waals surface area contributed by atoms with Gasteiger partial charge in [0.2, 0.25) is 0 Å². The molecule has 0 fully saturated rings. The summed E-state index contributed by atoms with van der Waals surface area (Å²) in [5, 5.41) is 12.5. The molecule has 0 saturated carbocycles. The Hall–Kier alpha value is -3.44. The number of halogens is 4. The lowest BCUT2D eigenvalue weighted by Crippen LogP contribution is -2.25. The summed E-state index contributed by atoms with van der Waals surface area (Å²) in [6.45, 7) is -1.38. The molecule has 29 heavy (non-hydrogen) atoms. The van der Waals surface area contributed by atoms with E-state index < -0.39 is 18.3 Å². The number of aromatic amines is 1. The molecule has 2 heterocycles. The van der Waals surface area contributed by atoms with E-state index in [-0.39, 0.29) is 11.3 Å². The highest BCUT2D eigenvalue weighted by molar-refractivity contribution is 6.30. The van der Waals surface area contributed by atoms with Crippen molar-refractivity contribution in [2.45, 2.75) is 12.7 Å². The zero-order chi connectivity index (χ0) is 20.8. The summed E-state index contributed by atoms with van der Waals surface area (Å²) in [6, 6.07) is 15.3. The third-order valence-electron chi connectivity index (χ3n) is 4.43. The molecule has 2 aliphatic heterocycles. The molecule has 5 nitrogen and oxygen atoms in total. The van der Waals surface area contributed by atoms with Crippen LogP contribution >= 0.6 is 11.6 Å². The first-order valence-electron chi connectivity index (χ1n) is 8.44. The number of nitriles is 1. The predicted molar refractivity (Wildman–Crippen MR) is 102 cm³/mol. The van der Waals surface area contributed by atoms with Crippen LogP contribution in [0.4, 0.5) is 13.2 Å². The van der Waals surface area contributed by atoms with Crippen molar-refractivity contribution in [3.63, 3.8) is 0 Å². The number of nitrogens with zero attached hydrogens (tertiary/aromatic N) is 3. The lowest BCUT2D eigenvalue weighted by Gasteiger charge is -2.10. The van der Waals surface area contributed by atoms with Crippen molar-refractivity contribution in [1.29, 1.82) is 5.26 Å². The highest BCUT2D eigenvalue weighted by Crippen LogP contribution is 2.35. The molecule has 0 radical (unpaired) electrons. The summed E-state index contributed by atoms with van der Waals surface area (Å²) in [5.74, 6) is 0. The number of alkyl halides is 3. The average molecular weight is 417 g/mol. The molecule has 9 heteroatoms. The maximum Gasteiger partial charge on any atom is 0.406 e. The van der Waals surface area contributed by atoms with Gasteiger partial charge in [0.25, 0.3) is 5.56 Å². The second kappa shape index (κ2) is 6.87. The fourth-order valence-corrected chi connectivity index (χ4v) is 3.42. The molecule has 2 aromatic rings. The quantitative estimate of drug-likeness (QED) is 0.520. The fraction of sp³-hybridized carbons (Fsp3) is 0.100. The van der Waals surface area contributed by atoms with Gasteiger partial charge in [-0.2, -0.15) is 18.4 Å². The Morgan fingerprint density at radius 3 is 2.48 bits per heavy atom. The van der Waals surface area contributed by atoms with Crippen molar-refractivity contribution in [2.75, 3.05) is 0 Å². The highest BCUT2D eigenvalue weighted by Gasteiger charge is 2.32. The Labute approximate surface area is 167 Å². The van der Waals surface area contributed by atoms with Crippen molar-refractivity contribution in [2.24, 2.45) is 0 Å². The van der Waals surface area contributed by atoms with E-state index in [4.69, 9.17) is 16.9 Å². The van der Waals surface area contributed by atoms with E-state index >= 15 is 0 Å². The van der Waals surface area contributed by atoms with E-state index in [1.807, 2.05) is 6.07 Å². The van der Waals surface area contributed by atoms with Gasteiger partial charge >= 0.3 is 6.18 Å². The summed E-state index contributed by atoms with van der Waals surface area (Å²) in [4.78, 5) is 12.8. The number of H-pyrrole nitrogens is 1. The zero-order valence-corrected chi connectivity index (χ0v) is 15.4. The Morgan fingerprint density at radius 1 is 1.14 bits per heavy atom. The van der Waals surface area contributed by atoms with Crippen LogP contribution in [0.15, 0.2) is 59.5 Å². The first-order chi connectivity index (χ1) is 13.8. The maximum atomic E-state index is 12.8. The summed E-state index contributed by atoms with van der Waals surface area (Å²) in [6.07, 6.45) is -3.37. The van der Waals surface area contributed by atoms with Gasteiger partial charge in [0, 0.05) is 16.8 Å². The van der Waals surface area contributed by atoms with Gasteiger partial charge in [-0.25, -0.2) is 0 Å². The molecule has 0 atom stereocenters. The second-order valence-electron chi connectivity index (χ2n) is 6.43. The van der Waals surface area contributed by atoms with E-state index in [0.717, 1.165) is 6.20 Å². The lowest BCUT2D eigenvalue weighted by molar-refractivity contribution is -0.141. The van der Waals surface area contributed by atoms with Gasteiger partial charge in [-0.15, -0.1) is 0 Å². The Morgan fingerprint density at radius 2 is 1.86 bits per heavy atom. The van der Waals surface area contributed by atoms with Crippen LogP contribution in [0.3, 0.4) is 0 Å².